The van der Waals surface area contributed by atoms with Gasteiger partial charge in [-0.05, 0) is 17.7 Å². The molecule has 0 saturated heterocycles. The lowest BCUT2D eigenvalue weighted by Crippen LogP contribution is -1.99. The largest absolute Gasteiger partial charge is 0.487 e. The second-order valence-electron chi connectivity index (χ2n) is 4.35. The van der Waals surface area contributed by atoms with Crippen molar-refractivity contribution in [3.63, 3.8) is 0 Å². The van der Waals surface area contributed by atoms with E-state index in [4.69, 9.17) is 10.5 Å². The Labute approximate surface area is 126 Å². The Kier molecular flexibility index (Phi) is 3.97. The molecule has 3 N–H and O–H groups in total. The summed E-state index contributed by atoms with van der Waals surface area (Å²) in [5.74, 6) is 1.03. The number of nitrogens with zero attached hydrogens (tertiary/aromatic N) is 2. The molecule has 21 heavy (non-hydrogen) atoms. The van der Waals surface area contributed by atoms with Gasteiger partial charge < -0.3 is 15.8 Å². The van der Waals surface area contributed by atoms with Crippen molar-refractivity contribution in [2.45, 2.75) is 6.61 Å². The molecule has 0 fully saturated rings. The number of nitrogens with two attached hydrogens (primary N) is 1. The summed E-state index contributed by atoms with van der Waals surface area (Å²) in [7, 11) is 0. The predicted octanol–water partition coefficient (Wildman–Crippen LogP) is 3.44. The van der Waals surface area contributed by atoms with Crippen molar-refractivity contribution < 1.29 is 4.74 Å². The van der Waals surface area contributed by atoms with Crippen molar-refractivity contribution >= 4 is 28.3 Å². The molecule has 0 bridgehead atoms. The number of nitrogen functional groups attached to an aromatic ring is 1. The van der Waals surface area contributed by atoms with Gasteiger partial charge in [0.15, 0.2) is 0 Å². The fraction of sp³-hybridized carbons (Fsp3) is 0.0667. The van der Waals surface area contributed by atoms with E-state index >= 15 is 0 Å². The molecule has 0 aliphatic carbocycles. The normalized spacial score (nSPS) is 10.3. The van der Waals surface area contributed by atoms with Crippen molar-refractivity contribution in [1.82, 2.24) is 9.36 Å². The van der Waals surface area contributed by atoms with E-state index in [9.17, 15) is 0 Å². The van der Waals surface area contributed by atoms with Crippen LogP contribution in [-0.2, 0) is 6.61 Å². The number of benzene rings is 2. The van der Waals surface area contributed by atoms with Gasteiger partial charge in [0.25, 0.3) is 0 Å². The lowest BCUT2D eigenvalue weighted by Gasteiger charge is -2.11. The quantitative estimate of drug-likeness (QED) is 0.755. The van der Waals surface area contributed by atoms with Gasteiger partial charge in [0.05, 0.1) is 5.69 Å². The summed E-state index contributed by atoms with van der Waals surface area (Å²) in [6.07, 6.45) is 0. The van der Waals surface area contributed by atoms with Crippen LogP contribution in [0, 0.1) is 0 Å². The van der Waals surface area contributed by atoms with E-state index in [2.05, 4.69) is 14.7 Å². The number of anilines is 3. The van der Waals surface area contributed by atoms with E-state index in [0.29, 0.717) is 11.7 Å². The molecule has 0 aliphatic rings. The van der Waals surface area contributed by atoms with Crippen LogP contribution in [-0.4, -0.2) is 9.36 Å². The van der Waals surface area contributed by atoms with Crippen molar-refractivity contribution in [3.8, 4) is 5.75 Å². The lowest BCUT2D eigenvalue weighted by atomic mass is 10.2. The Balaban J connectivity index is 1.73. The molecule has 3 aromatic rings. The maximum atomic E-state index is 5.86. The Bertz CT molecular complexity index is 714. The monoisotopic (exact) mass is 298 g/mol. The molecule has 0 spiro atoms. The predicted molar refractivity (Wildman–Crippen MR) is 84.8 cm³/mol. The number of hydrogen-bond acceptors (Lipinski definition) is 6. The summed E-state index contributed by atoms with van der Waals surface area (Å²) >= 11 is 1.21. The zero-order chi connectivity index (χ0) is 14.5. The van der Waals surface area contributed by atoms with Gasteiger partial charge in [-0.1, -0.05) is 42.5 Å². The third kappa shape index (κ3) is 3.49. The molecule has 3 rings (SSSR count). The highest BCUT2D eigenvalue weighted by atomic mass is 32.1. The fourth-order valence-electron chi connectivity index (χ4n) is 1.83. The van der Waals surface area contributed by atoms with Crippen LogP contribution in [0.5, 0.6) is 5.75 Å². The van der Waals surface area contributed by atoms with Gasteiger partial charge in [0.2, 0.25) is 11.1 Å². The minimum atomic E-state index is 0.269. The highest BCUT2D eigenvalue weighted by molar-refractivity contribution is 7.10. The van der Waals surface area contributed by atoms with Gasteiger partial charge >= 0.3 is 0 Å². The average Bonchev–Trinajstić information content (AvgIpc) is 2.93. The Morgan fingerprint density at radius 1 is 1.05 bits per heavy atom. The molecule has 0 unspecified atom stereocenters. The molecule has 0 atom stereocenters. The van der Waals surface area contributed by atoms with E-state index in [-0.39, 0.29) is 5.95 Å². The fourth-order valence-corrected chi connectivity index (χ4v) is 2.34. The van der Waals surface area contributed by atoms with E-state index < -0.39 is 0 Å². The molecule has 0 saturated carbocycles. The minimum Gasteiger partial charge on any atom is -0.487 e. The van der Waals surface area contributed by atoms with E-state index in [1.165, 1.54) is 11.5 Å². The third-order valence-electron chi connectivity index (χ3n) is 2.81. The van der Waals surface area contributed by atoms with Gasteiger partial charge in [-0.3, -0.25) is 0 Å². The first-order chi connectivity index (χ1) is 10.3. The standard InChI is InChI=1S/C15H14N4OS/c16-14-18-15(21-19-14)17-12-8-4-5-9-13(12)20-10-11-6-2-1-3-7-11/h1-9H,10H2,(H3,16,17,18,19). The third-order valence-corrected chi connectivity index (χ3v) is 3.45. The van der Waals surface area contributed by atoms with E-state index in [1.54, 1.807) is 0 Å². The average molecular weight is 298 g/mol. The molecule has 1 heterocycles. The molecule has 0 aliphatic heterocycles. The number of nitrogens with one attached hydrogen (secondary N) is 1. The van der Waals surface area contributed by atoms with Crippen LogP contribution < -0.4 is 15.8 Å². The number of aromatic nitrogens is 2. The smallest absolute Gasteiger partial charge is 0.233 e. The van der Waals surface area contributed by atoms with E-state index in [1.807, 2.05) is 54.6 Å². The van der Waals surface area contributed by atoms with Crippen molar-refractivity contribution in [2.75, 3.05) is 11.1 Å². The van der Waals surface area contributed by atoms with Crippen LogP contribution in [0.1, 0.15) is 5.56 Å². The van der Waals surface area contributed by atoms with Crippen LogP contribution in [0.2, 0.25) is 0 Å². The first-order valence-corrected chi connectivity index (χ1v) is 7.20. The molecule has 0 amide bonds. The first kappa shape index (κ1) is 13.4. The van der Waals surface area contributed by atoms with Crippen LogP contribution in [0.15, 0.2) is 54.6 Å². The van der Waals surface area contributed by atoms with Crippen LogP contribution in [0.4, 0.5) is 16.8 Å². The maximum Gasteiger partial charge on any atom is 0.233 e. The Morgan fingerprint density at radius 3 is 2.57 bits per heavy atom. The Hall–Kier alpha value is -2.60. The number of para-hydroxylation sites is 2. The van der Waals surface area contributed by atoms with Gasteiger partial charge in [0, 0.05) is 11.5 Å². The van der Waals surface area contributed by atoms with Crippen molar-refractivity contribution in [3.05, 3.63) is 60.2 Å². The summed E-state index contributed by atoms with van der Waals surface area (Å²) in [6, 6.07) is 17.7. The molecule has 5 nitrogen and oxygen atoms in total. The molecule has 1 aromatic heterocycles. The summed E-state index contributed by atoms with van der Waals surface area (Å²) in [5.41, 5.74) is 7.48. The van der Waals surface area contributed by atoms with Gasteiger partial charge in [-0.25, -0.2) is 0 Å². The summed E-state index contributed by atoms with van der Waals surface area (Å²) < 4.78 is 9.81. The zero-order valence-corrected chi connectivity index (χ0v) is 12.0. The van der Waals surface area contributed by atoms with Gasteiger partial charge in [-0.15, -0.1) is 0 Å². The molecule has 2 aromatic carbocycles. The van der Waals surface area contributed by atoms with Gasteiger partial charge in [-0.2, -0.15) is 9.36 Å². The topological polar surface area (TPSA) is 73.1 Å². The number of rotatable bonds is 5. The number of ether oxygens (including phenoxy) is 1. The Morgan fingerprint density at radius 2 is 1.81 bits per heavy atom. The molecular weight excluding hydrogens is 284 g/mol. The molecule has 106 valence electrons. The highest BCUT2D eigenvalue weighted by Gasteiger charge is 2.06. The SMILES string of the molecule is Nc1nsc(Nc2ccccc2OCc2ccccc2)n1. The van der Waals surface area contributed by atoms with Crippen molar-refractivity contribution in [1.29, 1.82) is 0 Å². The maximum absolute atomic E-state index is 5.86. The van der Waals surface area contributed by atoms with Gasteiger partial charge in [0.1, 0.15) is 12.4 Å². The summed E-state index contributed by atoms with van der Waals surface area (Å²) in [6.45, 7) is 0.512. The van der Waals surface area contributed by atoms with Crippen LogP contribution in [0.25, 0.3) is 0 Å². The number of hydrogen-bond donors (Lipinski definition) is 2. The first-order valence-electron chi connectivity index (χ1n) is 6.43. The summed E-state index contributed by atoms with van der Waals surface area (Å²) in [5, 5.41) is 3.81. The van der Waals surface area contributed by atoms with Crippen LogP contribution >= 0.6 is 11.5 Å². The second-order valence-corrected chi connectivity index (χ2v) is 5.11. The highest BCUT2D eigenvalue weighted by Crippen LogP contribution is 2.28. The molecular formula is C15H14N4OS. The second kappa shape index (κ2) is 6.23. The van der Waals surface area contributed by atoms with E-state index in [0.717, 1.165) is 17.0 Å². The van der Waals surface area contributed by atoms with Crippen LogP contribution in [0.3, 0.4) is 0 Å². The molecule has 0 radical (unpaired) electrons. The van der Waals surface area contributed by atoms with Crippen molar-refractivity contribution in [2.24, 2.45) is 0 Å². The minimum absolute atomic E-state index is 0.269. The lowest BCUT2D eigenvalue weighted by molar-refractivity contribution is 0.308. The zero-order valence-electron chi connectivity index (χ0n) is 11.2. The molecule has 6 heteroatoms. The summed E-state index contributed by atoms with van der Waals surface area (Å²) in [4.78, 5) is 4.08.